The van der Waals surface area contributed by atoms with E-state index in [9.17, 15) is 4.79 Å². The molecule has 0 atom stereocenters. The van der Waals surface area contributed by atoms with Crippen molar-refractivity contribution in [2.75, 3.05) is 13.7 Å². The number of hydrogen-bond acceptors (Lipinski definition) is 3. The molecular formula is C17H19NO2S. The van der Waals surface area contributed by atoms with Crippen LogP contribution in [0.3, 0.4) is 0 Å². The largest absolute Gasteiger partial charge is 0.496 e. The highest BCUT2D eigenvalue weighted by Crippen LogP contribution is 2.19. The van der Waals surface area contributed by atoms with Crippen LogP contribution in [0.5, 0.6) is 5.75 Å². The maximum atomic E-state index is 11.7. The lowest BCUT2D eigenvalue weighted by atomic mass is 10.1. The summed E-state index contributed by atoms with van der Waals surface area (Å²) in [5.74, 6) is 0.788. The predicted octanol–water partition coefficient (Wildman–Crippen LogP) is 3.44. The fourth-order valence-corrected chi connectivity index (χ4v) is 2.65. The molecule has 1 amide bonds. The standard InChI is InChI=1S/C17H19NO2S/c1-13-3-5-16(20-2)15(11-13)7-9-18-17(19)6-4-14-8-10-21-12-14/h3-6,8,10-12H,7,9H2,1-2H3,(H,18,19)/b6-4+. The van der Waals surface area contributed by atoms with Crippen molar-refractivity contribution in [2.24, 2.45) is 0 Å². The first kappa shape index (κ1) is 15.3. The zero-order valence-corrected chi connectivity index (χ0v) is 13.1. The molecule has 0 unspecified atom stereocenters. The third-order valence-corrected chi connectivity index (χ3v) is 3.80. The molecule has 1 aromatic heterocycles. The lowest BCUT2D eigenvalue weighted by Gasteiger charge is -2.09. The van der Waals surface area contributed by atoms with Crippen LogP contribution in [0.25, 0.3) is 6.08 Å². The number of methoxy groups -OCH3 is 1. The van der Waals surface area contributed by atoms with Crippen molar-refractivity contribution in [1.29, 1.82) is 0 Å². The Labute approximate surface area is 129 Å². The summed E-state index contributed by atoms with van der Waals surface area (Å²) < 4.78 is 5.33. The van der Waals surface area contributed by atoms with Crippen molar-refractivity contribution in [3.05, 3.63) is 57.8 Å². The van der Waals surface area contributed by atoms with Crippen LogP contribution in [0.1, 0.15) is 16.7 Å². The van der Waals surface area contributed by atoms with E-state index in [1.165, 1.54) is 5.56 Å². The SMILES string of the molecule is COc1ccc(C)cc1CCNC(=O)/C=C/c1ccsc1. The van der Waals surface area contributed by atoms with Gasteiger partial charge in [-0.05, 0) is 53.4 Å². The number of nitrogens with one attached hydrogen (secondary N) is 1. The van der Waals surface area contributed by atoms with E-state index in [1.54, 1.807) is 24.5 Å². The summed E-state index contributed by atoms with van der Waals surface area (Å²) >= 11 is 1.61. The van der Waals surface area contributed by atoms with Gasteiger partial charge in [-0.3, -0.25) is 4.79 Å². The smallest absolute Gasteiger partial charge is 0.244 e. The van der Waals surface area contributed by atoms with Crippen molar-refractivity contribution in [1.82, 2.24) is 5.32 Å². The minimum atomic E-state index is -0.0761. The van der Waals surface area contributed by atoms with Gasteiger partial charge in [0.25, 0.3) is 0 Å². The topological polar surface area (TPSA) is 38.3 Å². The molecule has 2 aromatic rings. The van der Waals surface area contributed by atoms with Crippen LogP contribution in [0.2, 0.25) is 0 Å². The molecule has 21 heavy (non-hydrogen) atoms. The molecule has 0 spiro atoms. The number of rotatable bonds is 6. The first-order valence-corrected chi connectivity index (χ1v) is 7.75. The number of thiophene rings is 1. The van der Waals surface area contributed by atoms with Gasteiger partial charge in [0, 0.05) is 12.6 Å². The van der Waals surface area contributed by atoms with Crippen LogP contribution >= 0.6 is 11.3 Å². The monoisotopic (exact) mass is 301 g/mol. The van der Waals surface area contributed by atoms with Crippen LogP contribution in [0.15, 0.2) is 41.1 Å². The van der Waals surface area contributed by atoms with E-state index < -0.39 is 0 Å². The molecule has 0 radical (unpaired) electrons. The first-order chi connectivity index (χ1) is 10.2. The maximum Gasteiger partial charge on any atom is 0.244 e. The number of aryl methyl sites for hydroxylation is 1. The van der Waals surface area contributed by atoms with E-state index in [2.05, 4.69) is 11.4 Å². The molecule has 3 nitrogen and oxygen atoms in total. The van der Waals surface area contributed by atoms with Crippen molar-refractivity contribution < 1.29 is 9.53 Å². The highest BCUT2D eigenvalue weighted by atomic mass is 32.1. The van der Waals surface area contributed by atoms with Crippen LogP contribution < -0.4 is 10.1 Å². The van der Waals surface area contributed by atoms with Gasteiger partial charge < -0.3 is 10.1 Å². The van der Waals surface area contributed by atoms with E-state index >= 15 is 0 Å². The van der Waals surface area contributed by atoms with Gasteiger partial charge >= 0.3 is 0 Å². The lowest BCUT2D eigenvalue weighted by Crippen LogP contribution is -2.23. The normalized spacial score (nSPS) is 10.8. The molecule has 1 heterocycles. The van der Waals surface area contributed by atoms with E-state index in [4.69, 9.17) is 4.74 Å². The van der Waals surface area contributed by atoms with Gasteiger partial charge in [0.1, 0.15) is 5.75 Å². The summed E-state index contributed by atoms with van der Waals surface area (Å²) in [5.41, 5.74) is 3.35. The Bertz CT molecular complexity index is 618. The minimum Gasteiger partial charge on any atom is -0.496 e. The zero-order valence-electron chi connectivity index (χ0n) is 12.3. The van der Waals surface area contributed by atoms with Crippen LogP contribution in [0, 0.1) is 6.92 Å². The average Bonchev–Trinajstić information content (AvgIpc) is 2.99. The Hall–Kier alpha value is -2.07. The third kappa shape index (κ3) is 4.76. The average molecular weight is 301 g/mol. The molecule has 1 N–H and O–H groups in total. The molecule has 0 saturated carbocycles. The lowest BCUT2D eigenvalue weighted by molar-refractivity contribution is -0.116. The zero-order chi connectivity index (χ0) is 15.1. The third-order valence-electron chi connectivity index (χ3n) is 3.10. The maximum absolute atomic E-state index is 11.7. The van der Waals surface area contributed by atoms with Crippen LogP contribution in [-0.2, 0) is 11.2 Å². The van der Waals surface area contributed by atoms with Gasteiger partial charge in [-0.25, -0.2) is 0 Å². The molecule has 0 fully saturated rings. The number of carbonyl (C=O) groups is 1. The van der Waals surface area contributed by atoms with Crippen LogP contribution in [-0.4, -0.2) is 19.6 Å². The van der Waals surface area contributed by atoms with Crippen molar-refractivity contribution >= 4 is 23.3 Å². The molecule has 0 aliphatic carbocycles. The summed E-state index contributed by atoms with van der Waals surface area (Å²) in [6.45, 7) is 2.64. The molecular weight excluding hydrogens is 282 g/mol. The molecule has 0 bridgehead atoms. The second kappa shape index (κ2) is 7.64. The van der Waals surface area contributed by atoms with Gasteiger partial charge in [-0.1, -0.05) is 17.7 Å². The molecule has 110 valence electrons. The quantitative estimate of drug-likeness (QED) is 0.830. The number of benzene rings is 1. The minimum absolute atomic E-state index is 0.0761. The highest BCUT2D eigenvalue weighted by Gasteiger charge is 2.03. The number of amides is 1. The molecule has 0 saturated heterocycles. The van der Waals surface area contributed by atoms with Crippen molar-refractivity contribution in [2.45, 2.75) is 13.3 Å². The summed E-state index contributed by atoms with van der Waals surface area (Å²) in [5, 5.41) is 6.88. The van der Waals surface area contributed by atoms with Gasteiger partial charge in [0.2, 0.25) is 5.91 Å². The van der Waals surface area contributed by atoms with E-state index in [1.807, 2.05) is 42.0 Å². The van der Waals surface area contributed by atoms with E-state index in [-0.39, 0.29) is 5.91 Å². The number of carbonyl (C=O) groups excluding carboxylic acids is 1. The molecule has 0 aliphatic heterocycles. The highest BCUT2D eigenvalue weighted by molar-refractivity contribution is 7.08. The summed E-state index contributed by atoms with van der Waals surface area (Å²) in [6, 6.07) is 8.05. The van der Waals surface area contributed by atoms with Gasteiger partial charge in [-0.2, -0.15) is 11.3 Å². The fourth-order valence-electron chi connectivity index (χ4n) is 2.02. The van der Waals surface area contributed by atoms with Crippen molar-refractivity contribution in [3.8, 4) is 5.75 Å². The van der Waals surface area contributed by atoms with Gasteiger partial charge in [0.05, 0.1) is 7.11 Å². The van der Waals surface area contributed by atoms with Crippen LogP contribution in [0.4, 0.5) is 0 Å². The first-order valence-electron chi connectivity index (χ1n) is 6.80. The summed E-state index contributed by atoms with van der Waals surface area (Å²) in [4.78, 5) is 11.7. The molecule has 0 aliphatic rings. The van der Waals surface area contributed by atoms with Gasteiger partial charge in [0.15, 0.2) is 0 Å². The Balaban J connectivity index is 1.84. The van der Waals surface area contributed by atoms with Crippen molar-refractivity contribution in [3.63, 3.8) is 0 Å². The Kier molecular flexibility index (Phi) is 5.58. The Morgan fingerprint density at radius 3 is 2.95 bits per heavy atom. The molecule has 4 heteroatoms. The number of ether oxygens (including phenoxy) is 1. The summed E-state index contributed by atoms with van der Waals surface area (Å²) in [6.07, 6.45) is 4.14. The Morgan fingerprint density at radius 1 is 1.38 bits per heavy atom. The van der Waals surface area contributed by atoms with E-state index in [0.717, 1.165) is 23.3 Å². The van der Waals surface area contributed by atoms with E-state index in [0.29, 0.717) is 6.54 Å². The number of hydrogen-bond donors (Lipinski definition) is 1. The molecule has 2 rings (SSSR count). The Morgan fingerprint density at radius 2 is 2.24 bits per heavy atom. The predicted molar refractivity (Wildman–Crippen MR) is 87.8 cm³/mol. The molecule has 1 aromatic carbocycles. The van der Waals surface area contributed by atoms with Gasteiger partial charge in [-0.15, -0.1) is 0 Å². The summed E-state index contributed by atoms with van der Waals surface area (Å²) in [7, 11) is 1.66. The second-order valence-corrected chi connectivity index (χ2v) is 5.53. The fraction of sp³-hybridized carbons (Fsp3) is 0.235. The second-order valence-electron chi connectivity index (χ2n) is 4.75.